The molecule has 2 rings (SSSR count). The minimum atomic E-state index is -1.07. The topological polar surface area (TPSA) is 78.9 Å². The summed E-state index contributed by atoms with van der Waals surface area (Å²) in [5.74, 6) is -1.33. The van der Waals surface area contributed by atoms with Gasteiger partial charge in [-0.25, -0.2) is 0 Å². The highest BCUT2D eigenvalue weighted by Crippen LogP contribution is 2.34. The molecule has 2 aromatic rings. The van der Waals surface area contributed by atoms with Crippen LogP contribution in [0.15, 0.2) is 48.5 Å². The highest BCUT2D eigenvalue weighted by atomic mass is 31.0. The first-order chi connectivity index (χ1) is 13.6. The van der Waals surface area contributed by atoms with Gasteiger partial charge in [0.25, 0.3) is 0 Å². The number of ether oxygens (including phenoxy) is 3. The molecule has 0 saturated carbocycles. The van der Waals surface area contributed by atoms with Gasteiger partial charge < -0.3 is 14.2 Å². The summed E-state index contributed by atoms with van der Waals surface area (Å²) in [5.41, 5.74) is 0.811. The van der Waals surface area contributed by atoms with E-state index in [9.17, 15) is 9.59 Å². The fraction of sp³-hybridized carbons (Fsp3) is 0.333. The van der Waals surface area contributed by atoms with Crippen molar-refractivity contribution in [3.63, 3.8) is 0 Å². The molecule has 0 aliphatic carbocycles. The van der Waals surface area contributed by atoms with Crippen LogP contribution >= 0.6 is 9.12 Å². The maximum absolute atomic E-state index is 13.3. The molecule has 0 amide bonds. The summed E-state index contributed by atoms with van der Waals surface area (Å²) in [5, 5.41) is 0. The number of unbranched alkanes of at least 4 members (excludes halogenated alkanes) is 1. The summed E-state index contributed by atoms with van der Waals surface area (Å²) in [6.45, 7) is 2.29. The highest BCUT2D eigenvalue weighted by Gasteiger charge is 2.34. The molecule has 0 heterocycles. The molecule has 2 aromatic carbocycles. The van der Waals surface area contributed by atoms with Gasteiger partial charge in [0.05, 0.1) is 20.8 Å². The number of carbonyl (C=O) groups is 2. The molecule has 0 aliphatic heterocycles. The summed E-state index contributed by atoms with van der Waals surface area (Å²) >= 11 is 0. The Morgan fingerprint density at radius 2 is 1.50 bits per heavy atom. The number of benzene rings is 2. The van der Waals surface area contributed by atoms with Gasteiger partial charge in [-0.15, -0.1) is 0 Å². The molecule has 1 atom stereocenters. The van der Waals surface area contributed by atoms with E-state index in [0.29, 0.717) is 17.1 Å². The molecule has 0 saturated heterocycles. The Labute approximate surface area is 167 Å². The fourth-order valence-corrected chi connectivity index (χ4v) is 2.68. The van der Waals surface area contributed by atoms with Crippen LogP contribution in [0.25, 0.3) is 0 Å². The number of hydrogen-bond donors (Lipinski definition) is 0. The number of ketones is 1. The van der Waals surface area contributed by atoms with Gasteiger partial charge in [-0.1, -0.05) is 49.7 Å². The van der Waals surface area contributed by atoms with E-state index in [1.54, 1.807) is 51.6 Å². The van der Waals surface area contributed by atoms with Gasteiger partial charge in [-0.05, 0) is 24.1 Å². The van der Waals surface area contributed by atoms with Crippen LogP contribution in [0.2, 0.25) is 0 Å². The predicted molar refractivity (Wildman–Crippen MR) is 108 cm³/mol. The molecule has 7 heteroatoms. The number of Topliss-reactive ketones (excluding diaryl/α,β-unsaturated/α-hetero) is 1. The first-order valence-corrected chi connectivity index (χ1v) is 9.22. The first kappa shape index (κ1) is 23.3. The third-order valence-corrected chi connectivity index (χ3v) is 4.05. The lowest BCUT2D eigenvalue weighted by Crippen LogP contribution is -2.25. The van der Waals surface area contributed by atoms with Crippen molar-refractivity contribution in [3.05, 3.63) is 59.7 Å². The van der Waals surface area contributed by atoms with Gasteiger partial charge in [0.15, 0.2) is 5.78 Å². The summed E-state index contributed by atoms with van der Waals surface area (Å²) in [6, 6.07) is 13.9. The zero-order valence-corrected chi connectivity index (χ0v) is 17.3. The van der Waals surface area contributed by atoms with E-state index >= 15 is 0 Å². The summed E-state index contributed by atoms with van der Waals surface area (Å²) in [6.07, 6.45) is 1.65. The van der Waals surface area contributed by atoms with Gasteiger partial charge in [0.1, 0.15) is 32.1 Å². The van der Waals surface area contributed by atoms with Crippen molar-refractivity contribution in [2.75, 3.05) is 20.8 Å². The number of esters is 1. The summed E-state index contributed by atoms with van der Waals surface area (Å²) in [7, 11) is 4.67. The number of methoxy groups -OCH3 is 2. The quantitative estimate of drug-likeness (QED) is 0.201. The molecule has 28 heavy (non-hydrogen) atoms. The van der Waals surface area contributed by atoms with Gasteiger partial charge in [-0.3, -0.25) is 14.2 Å². The molecule has 0 fully saturated rings. The van der Waals surface area contributed by atoms with E-state index in [1.807, 2.05) is 13.0 Å². The van der Waals surface area contributed by atoms with Crippen molar-refractivity contribution in [3.8, 4) is 11.5 Å². The Kier molecular flexibility index (Phi) is 10.5. The van der Waals surface area contributed by atoms with E-state index in [1.165, 1.54) is 14.2 Å². The Hall–Kier alpha value is -2.72. The third kappa shape index (κ3) is 5.89. The second-order valence-corrected chi connectivity index (χ2v) is 5.77. The van der Waals surface area contributed by atoms with Crippen LogP contribution in [-0.4, -0.2) is 32.6 Å². The van der Waals surface area contributed by atoms with Crippen molar-refractivity contribution in [1.29, 1.82) is 0 Å². The van der Waals surface area contributed by atoms with E-state index < -0.39 is 17.7 Å². The van der Waals surface area contributed by atoms with Crippen LogP contribution in [0, 0.1) is 0 Å². The molecular weight excluding hydrogens is 379 g/mol. The fourth-order valence-electron chi connectivity index (χ4n) is 2.68. The van der Waals surface area contributed by atoms with Gasteiger partial charge in [0.2, 0.25) is 0 Å². The van der Waals surface area contributed by atoms with Crippen LogP contribution in [0.1, 0.15) is 41.6 Å². The maximum Gasteiger partial charge on any atom is 0.321 e. The smallest absolute Gasteiger partial charge is 0.321 e. The average molecular weight is 404 g/mol. The van der Waals surface area contributed by atoms with Crippen LogP contribution in [-0.2, 0) is 14.1 Å². The molecular formula is C21H25O6P. The maximum atomic E-state index is 13.3. The van der Waals surface area contributed by atoms with E-state index in [4.69, 9.17) is 18.8 Å². The Balaban J connectivity index is 0.00000190. The molecule has 0 N–H and O–H groups in total. The summed E-state index contributed by atoms with van der Waals surface area (Å²) < 4.78 is 24.0. The normalized spacial score (nSPS) is 10.8. The van der Waals surface area contributed by atoms with Crippen molar-refractivity contribution < 1.29 is 28.4 Å². The van der Waals surface area contributed by atoms with Crippen LogP contribution in [0.5, 0.6) is 11.5 Å². The monoisotopic (exact) mass is 404 g/mol. The lowest BCUT2D eigenvalue weighted by Gasteiger charge is -2.18. The Bertz CT molecular complexity index is 740. The second kappa shape index (κ2) is 12.6. The SMILES string of the molecule is CCCCOC(=O)C(C(=O)c1c(OC)cccc1OC)c1ccccc1.O=P. The average Bonchev–Trinajstić information content (AvgIpc) is 2.75. The Morgan fingerprint density at radius 1 is 0.929 bits per heavy atom. The largest absolute Gasteiger partial charge is 0.496 e. The number of hydrogen-bond acceptors (Lipinski definition) is 6. The zero-order valence-electron chi connectivity index (χ0n) is 16.3. The first-order valence-electron chi connectivity index (χ1n) is 8.81. The molecule has 0 aromatic heterocycles. The molecule has 6 nitrogen and oxygen atoms in total. The minimum Gasteiger partial charge on any atom is -0.496 e. The lowest BCUT2D eigenvalue weighted by molar-refractivity contribution is -0.144. The van der Waals surface area contributed by atoms with Crippen LogP contribution in [0.3, 0.4) is 0 Å². The molecule has 0 bridgehead atoms. The van der Waals surface area contributed by atoms with E-state index in [0.717, 1.165) is 12.8 Å². The van der Waals surface area contributed by atoms with Crippen LogP contribution < -0.4 is 9.47 Å². The predicted octanol–water partition coefficient (Wildman–Crippen LogP) is 4.49. The number of rotatable bonds is 9. The van der Waals surface area contributed by atoms with Gasteiger partial charge >= 0.3 is 5.97 Å². The zero-order chi connectivity index (χ0) is 20.9. The molecule has 0 radical (unpaired) electrons. The van der Waals surface area contributed by atoms with Crippen LogP contribution in [0.4, 0.5) is 0 Å². The highest BCUT2D eigenvalue weighted by molar-refractivity contribution is 7.00. The molecule has 150 valence electrons. The minimum absolute atomic E-state index is 0.235. The number of carbonyl (C=O) groups excluding carboxylic acids is 2. The van der Waals surface area contributed by atoms with Crippen molar-refractivity contribution in [2.24, 2.45) is 0 Å². The molecule has 0 spiro atoms. The van der Waals surface area contributed by atoms with Gasteiger partial charge in [0, 0.05) is 0 Å². The third-order valence-electron chi connectivity index (χ3n) is 4.05. The Morgan fingerprint density at radius 3 is 2.00 bits per heavy atom. The molecule has 0 aliphatic rings. The van der Waals surface area contributed by atoms with E-state index in [-0.39, 0.29) is 12.2 Å². The summed E-state index contributed by atoms with van der Waals surface area (Å²) in [4.78, 5) is 26.0. The van der Waals surface area contributed by atoms with E-state index in [2.05, 4.69) is 0 Å². The van der Waals surface area contributed by atoms with Gasteiger partial charge in [-0.2, -0.15) is 0 Å². The van der Waals surface area contributed by atoms with Crippen molar-refractivity contribution in [1.82, 2.24) is 0 Å². The second-order valence-electron chi connectivity index (χ2n) is 5.77. The standard InChI is InChI=1S/C21H24O5.HOP/c1-4-5-14-26-21(23)18(15-10-7-6-8-11-15)20(22)19-16(24-2)12-9-13-17(19)25-3;1-2/h6-13,18H,4-5,14H2,1-3H3;2H. The van der Waals surface area contributed by atoms with Crippen molar-refractivity contribution in [2.45, 2.75) is 25.7 Å². The van der Waals surface area contributed by atoms with Crippen molar-refractivity contribution >= 4 is 20.9 Å². The lowest BCUT2D eigenvalue weighted by atomic mass is 9.89. The molecule has 1 unspecified atom stereocenters.